The van der Waals surface area contributed by atoms with Crippen molar-refractivity contribution in [1.82, 2.24) is 15.5 Å². The maximum atomic E-state index is 4.24. The molecule has 1 heterocycles. The van der Waals surface area contributed by atoms with Gasteiger partial charge in [0.15, 0.2) is 5.82 Å². The lowest BCUT2D eigenvalue weighted by molar-refractivity contribution is 0.759. The highest BCUT2D eigenvalue weighted by Crippen LogP contribution is 2.15. The normalized spacial score (nSPS) is 10.5. The standard InChI is InChI=1S/C14H17BrN4/c1-16-9-13-6-7-14(18-17-13)19(2)10-11-4-3-5-12(15)8-11/h3-8,16H,9-10H2,1-2H3. The largest absolute Gasteiger partial charge is 0.354 e. The van der Waals surface area contributed by atoms with Crippen molar-refractivity contribution in [2.24, 2.45) is 0 Å². The van der Waals surface area contributed by atoms with Crippen LogP contribution < -0.4 is 10.2 Å². The van der Waals surface area contributed by atoms with Crippen molar-refractivity contribution in [3.63, 3.8) is 0 Å². The van der Waals surface area contributed by atoms with Gasteiger partial charge in [-0.1, -0.05) is 28.1 Å². The molecule has 0 aliphatic carbocycles. The molecule has 1 aromatic heterocycles. The first-order valence-electron chi connectivity index (χ1n) is 6.12. The Morgan fingerprint density at radius 2 is 2.05 bits per heavy atom. The van der Waals surface area contributed by atoms with E-state index >= 15 is 0 Å². The molecule has 0 bridgehead atoms. The minimum absolute atomic E-state index is 0.739. The summed E-state index contributed by atoms with van der Waals surface area (Å²) in [6, 6.07) is 12.3. The number of aromatic nitrogens is 2. The first-order valence-corrected chi connectivity index (χ1v) is 6.91. The Bertz CT molecular complexity index is 527. The van der Waals surface area contributed by atoms with Gasteiger partial charge in [-0.2, -0.15) is 5.10 Å². The van der Waals surface area contributed by atoms with Crippen molar-refractivity contribution < 1.29 is 0 Å². The van der Waals surface area contributed by atoms with Gasteiger partial charge in [0.05, 0.1) is 5.69 Å². The van der Waals surface area contributed by atoms with Crippen LogP contribution in [-0.2, 0) is 13.1 Å². The molecule has 0 saturated heterocycles. The minimum atomic E-state index is 0.739. The maximum Gasteiger partial charge on any atom is 0.151 e. The van der Waals surface area contributed by atoms with Crippen molar-refractivity contribution in [2.75, 3.05) is 19.0 Å². The molecule has 0 radical (unpaired) electrons. The van der Waals surface area contributed by atoms with Crippen LogP contribution in [0, 0.1) is 0 Å². The third-order valence-electron chi connectivity index (χ3n) is 2.76. The average molecular weight is 321 g/mol. The van der Waals surface area contributed by atoms with Gasteiger partial charge < -0.3 is 10.2 Å². The molecular formula is C14H17BrN4. The second-order valence-electron chi connectivity index (χ2n) is 4.40. The number of hydrogen-bond donors (Lipinski definition) is 1. The van der Waals surface area contributed by atoms with Crippen molar-refractivity contribution in [3.8, 4) is 0 Å². The lowest BCUT2D eigenvalue weighted by Gasteiger charge is -2.17. The van der Waals surface area contributed by atoms with E-state index in [1.54, 1.807) is 0 Å². The Hall–Kier alpha value is -1.46. The Morgan fingerprint density at radius 1 is 1.21 bits per heavy atom. The second-order valence-corrected chi connectivity index (χ2v) is 5.31. The minimum Gasteiger partial charge on any atom is -0.354 e. The smallest absolute Gasteiger partial charge is 0.151 e. The molecule has 4 nitrogen and oxygen atoms in total. The van der Waals surface area contributed by atoms with Crippen molar-refractivity contribution in [3.05, 3.63) is 52.1 Å². The zero-order valence-corrected chi connectivity index (χ0v) is 12.7. The van der Waals surface area contributed by atoms with E-state index in [0.717, 1.165) is 29.1 Å². The number of benzene rings is 1. The lowest BCUT2D eigenvalue weighted by atomic mass is 10.2. The van der Waals surface area contributed by atoms with Gasteiger partial charge in [-0.3, -0.25) is 0 Å². The molecule has 0 fully saturated rings. The average Bonchev–Trinajstić information content (AvgIpc) is 2.40. The quantitative estimate of drug-likeness (QED) is 0.919. The highest BCUT2D eigenvalue weighted by Gasteiger charge is 2.05. The summed E-state index contributed by atoms with van der Waals surface area (Å²) in [5.41, 5.74) is 2.18. The number of hydrogen-bond acceptors (Lipinski definition) is 4. The molecule has 0 spiro atoms. The summed E-state index contributed by atoms with van der Waals surface area (Å²) in [5, 5.41) is 11.5. The van der Waals surface area contributed by atoms with Crippen LogP contribution in [0.5, 0.6) is 0 Å². The number of nitrogens with one attached hydrogen (secondary N) is 1. The molecule has 19 heavy (non-hydrogen) atoms. The van der Waals surface area contributed by atoms with E-state index in [4.69, 9.17) is 0 Å². The van der Waals surface area contributed by atoms with Crippen LogP contribution in [0.4, 0.5) is 5.82 Å². The summed E-state index contributed by atoms with van der Waals surface area (Å²) in [6.45, 7) is 1.54. The van der Waals surface area contributed by atoms with Crippen LogP contribution in [0.1, 0.15) is 11.3 Å². The van der Waals surface area contributed by atoms with Crippen LogP contribution in [0.2, 0.25) is 0 Å². The van der Waals surface area contributed by atoms with Crippen molar-refractivity contribution in [1.29, 1.82) is 0 Å². The van der Waals surface area contributed by atoms with Crippen LogP contribution >= 0.6 is 15.9 Å². The lowest BCUT2D eigenvalue weighted by Crippen LogP contribution is -2.18. The summed E-state index contributed by atoms with van der Waals surface area (Å²) >= 11 is 3.48. The Balaban J connectivity index is 2.05. The van der Waals surface area contributed by atoms with Gasteiger partial charge in [0, 0.05) is 24.6 Å². The first-order chi connectivity index (χ1) is 9.19. The number of halogens is 1. The van der Waals surface area contributed by atoms with E-state index in [1.165, 1.54) is 5.56 Å². The third kappa shape index (κ3) is 4.01. The Kier molecular flexibility index (Phi) is 4.87. The highest BCUT2D eigenvalue weighted by atomic mass is 79.9. The van der Waals surface area contributed by atoms with Crippen LogP contribution in [0.15, 0.2) is 40.9 Å². The second kappa shape index (κ2) is 6.63. The van der Waals surface area contributed by atoms with E-state index in [2.05, 4.69) is 48.5 Å². The maximum absolute atomic E-state index is 4.24. The molecule has 0 aliphatic rings. The van der Waals surface area contributed by atoms with Gasteiger partial charge in [-0.25, -0.2) is 0 Å². The van der Waals surface area contributed by atoms with Gasteiger partial charge in [0.1, 0.15) is 0 Å². The first kappa shape index (κ1) is 14.0. The summed E-state index contributed by atoms with van der Waals surface area (Å²) in [6.07, 6.45) is 0. The predicted molar refractivity (Wildman–Crippen MR) is 81.0 cm³/mol. The molecule has 0 amide bonds. The number of rotatable bonds is 5. The zero-order valence-electron chi connectivity index (χ0n) is 11.1. The van der Waals surface area contributed by atoms with E-state index < -0.39 is 0 Å². The van der Waals surface area contributed by atoms with Crippen molar-refractivity contribution in [2.45, 2.75) is 13.1 Å². The van der Waals surface area contributed by atoms with Crippen LogP contribution in [0.3, 0.4) is 0 Å². The molecule has 2 rings (SSSR count). The molecule has 0 saturated carbocycles. The Labute approximate surface area is 122 Å². The molecule has 1 aromatic carbocycles. The molecule has 0 atom stereocenters. The van der Waals surface area contributed by atoms with Crippen molar-refractivity contribution >= 4 is 21.7 Å². The fraction of sp³-hybridized carbons (Fsp3) is 0.286. The van der Waals surface area contributed by atoms with Gasteiger partial charge in [-0.05, 0) is 36.9 Å². The molecule has 1 N–H and O–H groups in total. The van der Waals surface area contributed by atoms with E-state index in [0.29, 0.717) is 0 Å². The highest BCUT2D eigenvalue weighted by molar-refractivity contribution is 9.10. The van der Waals surface area contributed by atoms with Crippen LogP contribution in [0.25, 0.3) is 0 Å². The monoisotopic (exact) mass is 320 g/mol. The zero-order chi connectivity index (χ0) is 13.7. The Morgan fingerprint density at radius 3 is 2.68 bits per heavy atom. The SMILES string of the molecule is CNCc1ccc(N(C)Cc2cccc(Br)c2)nn1. The van der Waals surface area contributed by atoms with Gasteiger partial charge in [-0.15, -0.1) is 5.10 Å². The topological polar surface area (TPSA) is 41.0 Å². The van der Waals surface area contributed by atoms with E-state index in [-0.39, 0.29) is 0 Å². The van der Waals surface area contributed by atoms with Gasteiger partial charge in [0.2, 0.25) is 0 Å². The summed E-state index contributed by atoms with van der Waals surface area (Å²) in [4.78, 5) is 2.08. The summed E-state index contributed by atoms with van der Waals surface area (Å²) in [7, 11) is 3.91. The number of nitrogens with zero attached hydrogens (tertiary/aromatic N) is 3. The van der Waals surface area contributed by atoms with E-state index in [9.17, 15) is 0 Å². The van der Waals surface area contributed by atoms with Crippen LogP contribution in [-0.4, -0.2) is 24.3 Å². The molecule has 5 heteroatoms. The molecule has 100 valence electrons. The molecule has 0 unspecified atom stereocenters. The molecular weight excluding hydrogens is 304 g/mol. The van der Waals surface area contributed by atoms with Gasteiger partial charge >= 0.3 is 0 Å². The van der Waals surface area contributed by atoms with E-state index in [1.807, 2.05) is 38.4 Å². The third-order valence-corrected chi connectivity index (χ3v) is 3.26. The molecule has 2 aromatic rings. The molecule has 0 aliphatic heterocycles. The fourth-order valence-electron chi connectivity index (χ4n) is 1.82. The summed E-state index contributed by atoms with van der Waals surface area (Å²) < 4.78 is 1.09. The number of anilines is 1. The predicted octanol–water partition coefficient (Wildman–Crippen LogP) is 2.59. The fourth-order valence-corrected chi connectivity index (χ4v) is 2.27. The van der Waals surface area contributed by atoms with Gasteiger partial charge in [0.25, 0.3) is 0 Å². The summed E-state index contributed by atoms with van der Waals surface area (Å²) in [5.74, 6) is 0.875.